The lowest BCUT2D eigenvalue weighted by Gasteiger charge is -2.22. The fraction of sp³-hybridized carbons (Fsp3) is 0.900. The van der Waals surface area contributed by atoms with Crippen LogP contribution in [-0.2, 0) is 14.3 Å². The van der Waals surface area contributed by atoms with Crippen LogP contribution in [0.1, 0.15) is 322 Å². The number of ether oxygens (including phenoxy) is 1. The van der Waals surface area contributed by atoms with Crippen LogP contribution in [0.3, 0.4) is 0 Å². The van der Waals surface area contributed by atoms with Crippen molar-refractivity contribution in [3.05, 3.63) is 24.3 Å². The van der Waals surface area contributed by atoms with Crippen LogP contribution in [-0.4, -0.2) is 47.4 Å². The Kier molecular flexibility index (Phi) is 54.5. The van der Waals surface area contributed by atoms with Gasteiger partial charge in [0.25, 0.3) is 0 Å². The molecule has 0 radical (unpaired) electrons. The lowest BCUT2D eigenvalue weighted by atomic mass is 10.0. The van der Waals surface area contributed by atoms with E-state index in [1.807, 2.05) is 0 Å². The molecule has 0 aromatic heterocycles. The number of nitrogens with one attached hydrogen (secondary N) is 1. The average molecular weight is 931 g/mol. The average Bonchev–Trinajstić information content (AvgIpc) is 3.32. The zero-order valence-electron chi connectivity index (χ0n) is 44.4. The van der Waals surface area contributed by atoms with E-state index in [4.69, 9.17) is 4.74 Å². The summed E-state index contributed by atoms with van der Waals surface area (Å²) < 4.78 is 5.48. The number of unbranched alkanes of at least 4 members (excludes halogenated alkanes) is 40. The van der Waals surface area contributed by atoms with Gasteiger partial charge in [0, 0.05) is 12.8 Å². The van der Waals surface area contributed by atoms with E-state index < -0.39 is 12.1 Å². The van der Waals surface area contributed by atoms with Crippen molar-refractivity contribution in [1.29, 1.82) is 0 Å². The number of rotatable bonds is 55. The maximum absolute atomic E-state index is 12.5. The molecule has 1 amide bonds. The summed E-state index contributed by atoms with van der Waals surface area (Å²) in [5.74, 6) is -0.0562. The Labute approximate surface area is 411 Å². The SMILES string of the molecule is CCCCCCCC/C=C\CCCCCCCCCC(=O)OCCCCCCCCC/C=C\CCCCCCCC(=O)NC(CO)C(O)CCCCCCCCCCCCCCCCCC. The second-order valence-corrected chi connectivity index (χ2v) is 20.3. The summed E-state index contributed by atoms with van der Waals surface area (Å²) in [6.45, 7) is 4.94. The number of carbonyl (C=O) groups is 2. The first kappa shape index (κ1) is 64.3. The number of allylic oxidation sites excluding steroid dienone is 4. The van der Waals surface area contributed by atoms with Gasteiger partial charge in [-0.1, -0.05) is 256 Å². The van der Waals surface area contributed by atoms with Gasteiger partial charge in [-0.25, -0.2) is 0 Å². The van der Waals surface area contributed by atoms with Crippen molar-refractivity contribution in [1.82, 2.24) is 5.32 Å². The quantitative estimate of drug-likeness (QED) is 0.0321. The van der Waals surface area contributed by atoms with Crippen molar-refractivity contribution in [3.8, 4) is 0 Å². The van der Waals surface area contributed by atoms with Gasteiger partial charge in [-0.15, -0.1) is 0 Å². The first-order chi connectivity index (χ1) is 32.5. The van der Waals surface area contributed by atoms with Gasteiger partial charge in [0.2, 0.25) is 5.91 Å². The molecule has 2 atom stereocenters. The van der Waals surface area contributed by atoms with Gasteiger partial charge in [-0.3, -0.25) is 9.59 Å². The fourth-order valence-electron chi connectivity index (χ4n) is 9.16. The largest absolute Gasteiger partial charge is 0.466 e. The highest BCUT2D eigenvalue weighted by atomic mass is 16.5. The number of amides is 1. The zero-order valence-corrected chi connectivity index (χ0v) is 44.4. The summed E-state index contributed by atoms with van der Waals surface area (Å²) in [6, 6.07) is -0.554. The number of esters is 1. The lowest BCUT2D eigenvalue weighted by Crippen LogP contribution is -2.45. The molecule has 0 spiro atoms. The number of carbonyl (C=O) groups excluding carboxylic acids is 2. The van der Waals surface area contributed by atoms with Crippen molar-refractivity contribution < 1.29 is 24.5 Å². The smallest absolute Gasteiger partial charge is 0.305 e. The zero-order chi connectivity index (χ0) is 47.9. The topological polar surface area (TPSA) is 95.9 Å². The molecule has 3 N–H and O–H groups in total. The molecule has 0 bridgehead atoms. The second kappa shape index (κ2) is 55.9. The highest BCUT2D eigenvalue weighted by Gasteiger charge is 2.20. The molecule has 66 heavy (non-hydrogen) atoms. The minimum Gasteiger partial charge on any atom is -0.466 e. The van der Waals surface area contributed by atoms with E-state index in [-0.39, 0.29) is 18.5 Å². The summed E-state index contributed by atoms with van der Waals surface area (Å²) in [6.07, 6.45) is 67.4. The molecule has 6 heteroatoms. The third-order valence-electron chi connectivity index (χ3n) is 13.7. The molecule has 0 aromatic rings. The molecule has 0 aromatic carbocycles. The molecule has 0 aliphatic rings. The highest BCUT2D eigenvalue weighted by Crippen LogP contribution is 2.17. The maximum atomic E-state index is 12.5. The molecule has 0 aliphatic heterocycles. The van der Waals surface area contributed by atoms with Crippen LogP contribution < -0.4 is 5.32 Å². The Bertz CT molecular complexity index is 1030. The van der Waals surface area contributed by atoms with Crippen LogP contribution in [0.4, 0.5) is 0 Å². The van der Waals surface area contributed by atoms with E-state index in [1.54, 1.807) is 0 Å². The summed E-state index contributed by atoms with van der Waals surface area (Å²) >= 11 is 0. The molecule has 0 saturated carbocycles. The number of hydrogen-bond acceptors (Lipinski definition) is 5. The molecule has 6 nitrogen and oxygen atoms in total. The van der Waals surface area contributed by atoms with E-state index in [0.29, 0.717) is 25.9 Å². The van der Waals surface area contributed by atoms with Crippen molar-refractivity contribution in [2.24, 2.45) is 0 Å². The first-order valence-corrected chi connectivity index (χ1v) is 29.6. The van der Waals surface area contributed by atoms with E-state index >= 15 is 0 Å². The molecule has 390 valence electrons. The van der Waals surface area contributed by atoms with Crippen LogP contribution in [0.25, 0.3) is 0 Å². The molecule has 0 saturated heterocycles. The minimum absolute atomic E-state index is 0.00574. The van der Waals surface area contributed by atoms with Crippen LogP contribution in [0.15, 0.2) is 24.3 Å². The molecule has 0 heterocycles. The minimum atomic E-state index is -0.675. The monoisotopic (exact) mass is 930 g/mol. The third-order valence-corrected chi connectivity index (χ3v) is 13.7. The first-order valence-electron chi connectivity index (χ1n) is 29.6. The number of hydrogen-bond donors (Lipinski definition) is 3. The predicted octanol–water partition coefficient (Wildman–Crippen LogP) is 18.2. The highest BCUT2D eigenvalue weighted by molar-refractivity contribution is 5.76. The summed E-state index contributed by atoms with van der Waals surface area (Å²) in [7, 11) is 0. The fourth-order valence-corrected chi connectivity index (χ4v) is 9.16. The Morgan fingerprint density at radius 1 is 0.409 bits per heavy atom. The van der Waals surface area contributed by atoms with Gasteiger partial charge in [-0.05, 0) is 77.0 Å². The molecule has 0 fully saturated rings. The van der Waals surface area contributed by atoms with Crippen LogP contribution in [0, 0.1) is 0 Å². The Hall–Kier alpha value is -1.66. The van der Waals surface area contributed by atoms with Crippen molar-refractivity contribution >= 4 is 11.9 Å². The van der Waals surface area contributed by atoms with Gasteiger partial charge >= 0.3 is 5.97 Å². The molecule has 0 aliphatic carbocycles. The number of aliphatic hydroxyl groups is 2. The Morgan fingerprint density at radius 2 is 0.712 bits per heavy atom. The summed E-state index contributed by atoms with van der Waals surface area (Å²) in [5, 5.41) is 23.3. The van der Waals surface area contributed by atoms with Crippen LogP contribution in [0.5, 0.6) is 0 Å². The van der Waals surface area contributed by atoms with Gasteiger partial charge in [-0.2, -0.15) is 0 Å². The molecular formula is C60H115NO5. The molecule has 2 unspecified atom stereocenters. The van der Waals surface area contributed by atoms with Crippen LogP contribution >= 0.6 is 0 Å². The van der Waals surface area contributed by atoms with Gasteiger partial charge in [0.05, 0.1) is 25.4 Å². The van der Waals surface area contributed by atoms with Crippen LogP contribution in [0.2, 0.25) is 0 Å². The van der Waals surface area contributed by atoms with E-state index in [0.717, 1.165) is 64.2 Å². The van der Waals surface area contributed by atoms with Crippen molar-refractivity contribution in [2.75, 3.05) is 13.2 Å². The standard InChI is InChI=1S/C60H115NO5/c1-3-5-7-9-11-13-15-17-19-21-26-30-34-38-42-46-50-54-60(65)66-55-51-47-43-39-35-31-27-23-22-25-29-33-37-41-45-49-53-59(64)61-57(56-62)58(63)52-48-44-40-36-32-28-24-20-18-16-14-12-10-8-6-4-2/h17,19,22,25,57-58,62-63H,3-16,18,20-21,23-24,26-56H2,1-2H3,(H,61,64)/b19-17-,25-22-. The molecule has 0 rings (SSSR count). The summed E-state index contributed by atoms with van der Waals surface area (Å²) in [5.41, 5.74) is 0. The van der Waals surface area contributed by atoms with Crippen molar-refractivity contribution in [2.45, 2.75) is 334 Å². The van der Waals surface area contributed by atoms with Gasteiger partial charge < -0.3 is 20.3 Å². The number of aliphatic hydroxyl groups excluding tert-OH is 2. The Morgan fingerprint density at radius 3 is 1.08 bits per heavy atom. The summed E-state index contributed by atoms with van der Waals surface area (Å²) in [4.78, 5) is 24.5. The molecular weight excluding hydrogens is 815 g/mol. The third kappa shape index (κ3) is 51.7. The Balaban J connectivity index is 3.45. The second-order valence-electron chi connectivity index (χ2n) is 20.3. The normalized spacial score (nSPS) is 12.7. The van der Waals surface area contributed by atoms with E-state index in [2.05, 4.69) is 43.5 Å². The lowest BCUT2D eigenvalue weighted by molar-refractivity contribution is -0.143. The van der Waals surface area contributed by atoms with Gasteiger partial charge in [0.1, 0.15) is 0 Å². The van der Waals surface area contributed by atoms with Crippen molar-refractivity contribution in [3.63, 3.8) is 0 Å². The predicted molar refractivity (Wildman–Crippen MR) is 287 cm³/mol. The van der Waals surface area contributed by atoms with E-state index in [1.165, 1.54) is 225 Å². The van der Waals surface area contributed by atoms with E-state index in [9.17, 15) is 19.8 Å². The van der Waals surface area contributed by atoms with Gasteiger partial charge in [0.15, 0.2) is 0 Å². The maximum Gasteiger partial charge on any atom is 0.305 e.